The highest BCUT2D eigenvalue weighted by Gasteiger charge is 2.28. The van der Waals surface area contributed by atoms with Crippen LogP contribution in [-0.2, 0) is 13.5 Å². The van der Waals surface area contributed by atoms with E-state index in [-0.39, 0.29) is 6.04 Å². The molecule has 94 valence electrons. The minimum absolute atomic E-state index is 0.0802. The fourth-order valence-corrected chi connectivity index (χ4v) is 3.52. The van der Waals surface area contributed by atoms with Gasteiger partial charge in [-0.1, -0.05) is 36.0 Å². The average molecular weight is 260 g/mol. The molecular formula is C13H16N4S. The largest absolute Gasteiger partial charge is 0.323 e. The summed E-state index contributed by atoms with van der Waals surface area (Å²) in [7, 11) is 1.96. The summed E-state index contributed by atoms with van der Waals surface area (Å²) in [5.74, 6) is 0. The number of hydrogen-bond donors (Lipinski definition) is 1. The summed E-state index contributed by atoms with van der Waals surface area (Å²) in [5.41, 5.74) is 9.05. The summed E-state index contributed by atoms with van der Waals surface area (Å²) in [4.78, 5) is 0. The van der Waals surface area contributed by atoms with Crippen LogP contribution in [0.3, 0.4) is 0 Å². The van der Waals surface area contributed by atoms with E-state index in [1.54, 1.807) is 18.1 Å². The average Bonchev–Trinajstić information content (AvgIpc) is 2.79. The zero-order valence-corrected chi connectivity index (χ0v) is 11.1. The van der Waals surface area contributed by atoms with Crippen molar-refractivity contribution in [3.8, 4) is 0 Å². The first-order chi connectivity index (χ1) is 8.75. The second-order valence-electron chi connectivity index (χ2n) is 4.64. The van der Waals surface area contributed by atoms with Gasteiger partial charge in [0.2, 0.25) is 0 Å². The zero-order chi connectivity index (χ0) is 12.5. The first kappa shape index (κ1) is 11.7. The highest BCUT2D eigenvalue weighted by atomic mass is 32.2. The van der Waals surface area contributed by atoms with E-state index in [2.05, 4.69) is 34.5 Å². The van der Waals surface area contributed by atoms with Gasteiger partial charge in [-0.25, -0.2) is 0 Å². The fraction of sp³-hybridized carbons (Fsp3) is 0.385. The highest BCUT2D eigenvalue weighted by Crippen LogP contribution is 2.37. The van der Waals surface area contributed by atoms with Gasteiger partial charge in [0.15, 0.2) is 5.16 Å². The molecule has 2 atom stereocenters. The third-order valence-electron chi connectivity index (χ3n) is 3.44. The van der Waals surface area contributed by atoms with Crippen LogP contribution in [0, 0.1) is 0 Å². The second kappa shape index (κ2) is 4.74. The number of benzene rings is 1. The lowest BCUT2D eigenvalue weighted by Crippen LogP contribution is -2.29. The van der Waals surface area contributed by atoms with Crippen molar-refractivity contribution in [1.82, 2.24) is 14.8 Å². The normalized spacial score (nSPS) is 22.8. The van der Waals surface area contributed by atoms with Gasteiger partial charge < -0.3 is 10.3 Å². The van der Waals surface area contributed by atoms with E-state index in [1.165, 1.54) is 11.1 Å². The first-order valence-corrected chi connectivity index (χ1v) is 6.97. The lowest BCUT2D eigenvalue weighted by atomic mass is 9.88. The third kappa shape index (κ3) is 2.04. The van der Waals surface area contributed by atoms with Crippen LogP contribution in [0.15, 0.2) is 35.7 Å². The Morgan fingerprint density at radius 3 is 3.00 bits per heavy atom. The minimum Gasteiger partial charge on any atom is -0.323 e. The quantitative estimate of drug-likeness (QED) is 0.896. The summed E-state index contributed by atoms with van der Waals surface area (Å²) in [5, 5.41) is 9.35. The smallest absolute Gasteiger partial charge is 0.191 e. The maximum atomic E-state index is 6.38. The molecule has 1 aliphatic rings. The molecule has 0 amide bonds. The standard InChI is InChI=1S/C13H16N4S/c1-17-8-15-16-13(17)18-11-7-6-9-4-2-3-5-10(9)12(11)14/h2-5,8,11-12H,6-7,14H2,1H3. The number of nitrogens with two attached hydrogens (primary N) is 1. The molecule has 1 aromatic carbocycles. The molecule has 0 aliphatic heterocycles. The van der Waals surface area contributed by atoms with Crippen molar-refractivity contribution in [3.63, 3.8) is 0 Å². The Morgan fingerprint density at radius 1 is 1.39 bits per heavy atom. The number of aromatic nitrogens is 3. The number of thioether (sulfide) groups is 1. The van der Waals surface area contributed by atoms with Crippen LogP contribution in [0.1, 0.15) is 23.6 Å². The number of fused-ring (bicyclic) bond motifs is 1. The summed E-state index contributed by atoms with van der Waals surface area (Å²) < 4.78 is 1.94. The summed E-state index contributed by atoms with van der Waals surface area (Å²) >= 11 is 1.73. The molecule has 3 rings (SSSR count). The van der Waals surface area contributed by atoms with E-state index < -0.39 is 0 Å². The number of aryl methyl sites for hydroxylation is 2. The molecule has 0 saturated carbocycles. The SMILES string of the molecule is Cn1cnnc1SC1CCc2ccccc2C1N. The molecule has 4 nitrogen and oxygen atoms in total. The molecule has 1 aromatic heterocycles. The highest BCUT2D eigenvalue weighted by molar-refractivity contribution is 7.99. The maximum Gasteiger partial charge on any atom is 0.191 e. The van der Waals surface area contributed by atoms with Gasteiger partial charge in [0.1, 0.15) is 6.33 Å². The predicted molar refractivity (Wildman–Crippen MR) is 72.3 cm³/mol. The van der Waals surface area contributed by atoms with E-state index in [0.29, 0.717) is 5.25 Å². The van der Waals surface area contributed by atoms with E-state index in [4.69, 9.17) is 5.73 Å². The molecule has 5 heteroatoms. The molecule has 1 heterocycles. The van der Waals surface area contributed by atoms with Gasteiger partial charge in [-0.2, -0.15) is 0 Å². The van der Waals surface area contributed by atoms with Gasteiger partial charge in [0.25, 0.3) is 0 Å². The van der Waals surface area contributed by atoms with Crippen molar-refractivity contribution in [1.29, 1.82) is 0 Å². The van der Waals surface area contributed by atoms with Crippen molar-refractivity contribution < 1.29 is 0 Å². The summed E-state index contributed by atoms with van der Waals surface area (Å²) in [6.07, 6.45) is 3.92. The molecule has 0 saturated heterocycles. The van der Waals surface area contributed by atoms with Crippen LogP contribution in [0.25, 0.3) is 0 Å². The number of nitrogens with zero attached hydrogens (tertiary/aromatic N) is 3. The van der Waals surface area contributed by atoms with E-state index >= 15 is 0 Å². The monoisotopic (exact) mass is 260 g/mol. The molecule has 1 aliphatic carbocycles. The molecular weight excluding hydrogens is 244 g/mol. The third-order valence-corrected chi connectivity index (χ3v) is 4.85. The molecule has 2 aromatic rings. The predicted octanol–water partition coefficient (Wildman–Crippen LogP) is 1.92. The lowest BCUT2D eigenvalue weighted by Gasteiger charge is -2.30. The fourth-order valence-electron chi connectivity index (χ4n) is 2.41. The maximum absolute atomic E-state index is 6.38. The van der Waals surface area contributed by atoms with Gasteiger partial charge >= 0.3 is 0 Å². The lowest BCUT2D eigenvalue weighted by molar-refractivity contribution is 0.583. The summed E-state index contributed by atoms with van der Waals surface area (Å²) in [6.45, 7) is 0. The van der Waals surface area contributed by atoms with Gasteiger partial charge in [-0.3, -0.25) is 0 Å². The molecule has 2 N–H and O–H groups in total. The van der Waals surface area contributed by atoms with Crippen LogP contribution in [-0.4, -0.2) is 20.0 Å². The Labute approximate surface area is 111 Å². The molecule has 0 spiro atoms. The van der Waals surface area contributed by atoms with Gasteiger partial charge in [0, 0.05) is 18.3 Å². The Bertz CT molecular complexity index is 551. The van der Waals surface area contributed by atoms with E-state index in [1.807, 2.05) is 11.6 Å². The Morgan fingerprint density at radius 2 is 2.22 bits per heavy atom. The van der Waals surface area contributed by atoms with Crippen molar-refractivity contribution in [2.75, 3.05) is 0 Å². The van der Waals surface area contributed by atoms with E-state index in [9.17, 15) is 0 Å². The Hall–Kier alpha value is -1.33. The first-order valence-electron chi connectivity index (χ1n) is 6.10. The number of rotatable bonds is 2. The number of hydrogen-bond acceptors (Lipinski definition) is 4. The van der Waals surface area contributed by atoms with Crippen molar-refractivity contribution in [2.45, 2.75) is 29.3 Å². The van der Waals surface area contributed by atoms with Crippen LogP contribution < -0.4 is 5.73 Å². The van der Waals surface area contributed by atoms with Crippen LogP contribution in [0.2, 0.25) is 0 Å². The van der Waals surface area contributed by atoms with Crippen LogP contribution in [0.5, 0.6) is 0 Å². The van der Waals surface area contributed by atoms with E-state index in [0.717, 1.165) is 18.0 Å². The topological polar surface area (TPSA) is 56.7 Å². The van der Waals surface area contributed by atoms with Gasteiger partial charge in [0.05, 0.1) is 0 Å². The molecule has 0 fully saturated rings. The van der Waals surface area contributed by atoms with Crippen LogP contribution in [0.4, 0.5) is 0 Å². The molecule has 0 radical (unpaired) electrons. The molecule has 0 bridgehead atoms. The minimum atomic E-state index is 0.0802. The van der Waals surface area contributed by atoms with Gasteiger partial charge in [-0.15, -0.1) is 10.2 Å². The Balaban J connectivity index is 1.83. The summed E-state index contributed by atoms with van der Waals surface area (Å²) in [6, 6.07) is 8.55. The zero-order valence-electron chi connectivity index (χ0n) is 10.3. The molecule has 18 heavy (non-hydrogen) atoms. The second-order valence-corrected chi connectivity index (χ2v) is 5.85. The Kier molecular flexibility index (Phi) is 3.09. The van der Waals surface area contributed by atoms with Crippen molar-refractivity contribution >= 4 is 11.8 Å². The molecule has 2 unspecified atom stereocenters. The van der Waals surface area contributed by atoms with Crippen LogP contribution >= 0.6 is 11.8 Å². The van der Waals surface area contributed by atoms with Crippen molar-refractivity contribution in [2.24, 2.45) is 12.8 Å². The van der Waals surface area contributed by atoms with Gasteiger partial charge in [-0.05, 0) is 24.0 Å². The van der Waals surface area contributed by atoms with Crippen molar-refractivity contribution in [3.05, 3.63) is 41.7 Å².